The van der Waals surface area contributed by atoms with Gasteiger partial charge in [0, 0.05) is 12.1 Å². The zero-order valence-corrected chi connectivity index (χ0v) is 19.2. The summed E-state index contributed by atoms with van der Waals surface area (Å²) in [5.74, 6) is -1.66. The second-order valence-corrected chi connectivity index (χ2v) is 7.99. The molecular weight excluding hydrogens is 424 g/mol. The van der Waals surface area contributed by atoms with Crippen LogP contribution < -0.4 is 4.74 Å². The average molecular weight is 453 g/mol. The first-order valence-electron chi connectivity index (χ1n) is 10.5. The van der Waals surface area contributed by atoms with Crippen molar-refractivity contribution in [3.8, 4) is 5.75 Å². The molecule has 1 aliphatic rings. The number of carbonyl (C=O) groups excluding carboxylic acids is 3. The molecule has 174 valence electrons. The molecule has 1 aliphatic heterocycles. The maximum absolute atomic E-state index is 13.1. The number of ketones is 1. The van der Waals surface area contributed by atoms with Gasteiger partial charge in [-0.25, -0.2) is 4.79 Å². The number of ether oxygens (including phenoxy) is 2. The Labute approximate surface area is 193 Å². The summed E-state index contributed by atoms with van der Waals surface area (Å²) >= 11 is 0. The fourth-order valence-corrected chi connectivity index (χ4v) is 3.86. The first kappa shape index (κ1) is 24.0. The van der Waals surface area contributed by atoms with Crippen molar-refractivity contribution in [1.29, 1.82) is 0 Å². The third kappa shape index (κ3) is 5.06. The van der Waals surface area contributed by atoms with E-state index < -0.39 is 23.7 Å². The largest absolute Gasteiger partial charge is 0.507 e. The van der Waals surface area contributed by atoms with Crippen molar-refractivity contribution in [3.63, 3.8) is 0 Å². The van der Waals surface area contributed by atoms with Gasteiger partial charge in [0.25, 0.3) is 11.7 Å². The lowest BCUT2D eigenvalue weighted by Crippen LogP contribution is -2.32. The van der Waals surface area contributed by atoms with E-state index in [1.54, 1.807) is 48.5 Å². The van der Waals surface area contributed by atoms with Gasteiger partial charge in [-0.1, -0.05) is 24.3 Å². The van der Waals surface area contributed by atoms with Gasteiger partial charge in [0.15, 0.2) is 0 Å². The smallest absolute Gasteiger partial charge is 0.337 e. The molecule has 0 unspecified atom stereocenters. The highest BCUT2D eigenvalue weighted by Gasteiger charge is 2.45. The van der Waals surface area contributed by atoms with E-state index in [0.717, 1.165) is 6.54 Å². The van der Waals surface area contributed by atoms with E-state index in [0.29, 0.717) is 35.4 Å². The number of benzene rings is 2. The highest BCUT2D eigenvalue weighted by Crippen LogP contribution is 2.39. The minimum absolute atomic E-state index is 0.00363. The monoisotopic (exact) mass is 452 g/mol. The van der Waals surface area contributed by atoms with Gasteiger partial charge in [0.2, 0.25) is 0 Å². The first-order valence-corrected chi connectivity index (χ1v) is 10.5. The molecular formula is C25H28N2O6. The summed E-state index contributed by atoms with van der Waals surface area (Å²) in [6, 6.07) is 12.4. The topological polar surface area (TPSA) is 96.4 Å². The van der Waals surface area contributed by atoms with Crippen LogP contribution in [0.1, 0.15) is 33.9 Å². The van der Waals surface area contributed by atoms with Crippen LogP contribution >= 0.6 is 0 Å². The zero-order valence-electron chi connectivity index (χ0n) is 19.2. The van der Waals surface area contributed by atoms with Crippen molar-refractivity contribution in [2.75, 3.05) is 41.4 Å². The van der Waals surface area contributed by atoms with E-state index in [4.69, 9.17) is 9.47 Å². The fraction of sp³-hybridized carbons (Fsp3) is 0.320. The predicted molar refractivity (Wildman–Crippen MR) is 123 cm³/mol. The van der Waals surface area contributed by atoms with Crippen molar-refractivity contribution in [2.45, 2.75) is 12.5 Å². The van der Waals surface area contributed by atoms with Gasteiger partial charge >= 0.3 is 5.97 Å². The second-order valence-electron chi connectivity index (χ2n) is 7.99. The van der Waals surface area contributed by atoms with Crippen LogP contribution in [0.3, 0.4) is 0 Å². The summed E-state index contributed by atoms with van der Waals surface area (Å²) in [6.07, 6.45) is 0.649. The number of amides is 1. The number of aliphatic hydroxyl groups is 1. The molecule has 0 saturated carbocycles. The number of hydrogen-bond acceptors (Lipinski definition) is 7. The Hall–Kier alpha value is -3.65. The van der Waals surface area contributed by atoms with E-state index >= 15 is 0 Å². The number of nitrogens with zero attached hydrogens (tertiary/aromatic N) is 2. The number of methoxy groups -OCH3 is 2. The molecule has 1 heterocycles. The van der Waals surface area contributed by atoms with Gasteiger partial charge in [0.1, 0.15) is 11.5 Å². The number of hydrogen-bond donors (Lipinski definition) is 1. The van der Waals surface area contributed by atoms with Gasteiger partial charge in [-0.2, -0.15) is 0 Å². The molecule has 0 aliphatic carbocycles. The SMILES string of the molecule is COC(=O)c1ccc([C@@H]2C(=C(O)c3cccc(OC)c3)C(=O)C(=O)N2CCCN(C)C)cc1. The predicted octanol–water partition coefficient (Wildman–Crippen LogP) is 2.86. The molecule has 3 rings (SSSR count). The van der Waals surface area contributed by atoms with Crippen LogP contribution in [0.25, 0.3) is 5.76 Å². The number of Topliss-reactive ketones (excluding diaryl/α,β-unsaturated/α-hetero) is 1. The Balaban J connectivity index is 2.10. The van der Waals surface area contributed by atoms with Crippen molar-refractivity contribution < 1.29 is 29.0 Å². The Bertz CT molecular complexity index is 1070. The molecule has 1 N–H and O–H groups in total. The highest BCUT2D eigenvalue weighted by molar-refractivity contribution is 6.46. The molecule has 8 heteroatoms. The van der Waals surface area contributed by atoms with Crippen LogP contribution in [0.15, 0.2) is 54.1 Å². The molecule has 0 spiro atoms. The number of esters is 1. The fourth-order valence-electron chi connectivity index (χ4n) is 3.86. The lowest BCUT2D eigenvalue weighted by molar-refractivity contribution is -0.139. The standard InChI is InChI=1S/C25H28N2O6/c1-26(2)13-6-14-27-21(16-9-11-17(12-10-16)25(31)33-4)20(23(29)24(27)30)22(28)18-7-5-8-19(15-18)32-3/h5,7-12,15,21,28H,6,13-14H2,1-4H3/t21-/m1/s1. The van der Waals surface area contributed by atoms with Crippen molar-refractivity contribution in [3.05, 3.63) is 70.8 Å². The number of aliphatic hydroxyl groups excluding tert-OH is 1. The quantitative estimate of drug-likeness (QED) is 0.285. The number of rotatable bonds is 8. The van der Waals surface area contributed by atoms with Gasteiger partial charge in [-0.15, -0.1) is 0 Å². The zero-order chi connectivity index (χ0) is 24.1. The van der Waals surface area contributed by atoms with Gasteiger partial charge in [-0.3, -0.25) is 9.59 Å². The van der Waals surface area contributed by atoms with Crippen LogP contribution in [0.2, 0.25) is 0 Å². The number of likely N-dealkylation sites (tertiary alicyclic amines) is 1. The third-order valence-corrected chi connectivity index (χ3v) is 5.53. The molecule has 0 bridgehead atoms. The van der Waals surface area contributed by atoms with Crippen LogP contribution in [0.5, 0.6) is 5.75 Å². The van der Waals surface area contributed by atoms with E-state index in [2.05, 4.69) is 0 Å². The summed E-state index contributed by atoms with van der Waals surface area (Å²) in [4.78, 5) is 41.3. The Morgan fingerprint density at radius 1 is 1.06 bits per heavy atom. The highest BCUT2D eigenvalue weighted by atomic mass is 16.5. The normalized spacial score (nSPS) is 17.5. The Kier molecular flexibility index (Phi) is 7.50. The first-order chi connectivity index (χ1) is 15.8. The maximum atomic E-state index is 13.1. The van der Waals surface area contributed by atoms with Crippen molar-refractivity contribution in [1.82, 2.24) is 9.80 Å². The van der Waals surface area contributed by atoms with Crippen LogP contribution in [0.4, 0.5) is 0 Å². The summed E-state index contributed by atoms with van der Waals surface area (Å²) in [5, 5.41) is 11.1. The Morgan fingerprint density at radius 2 is 1.76 bits per heavy atom. The molecule has 1 fully saturated rings. The molecule has 0 aromatic heterocycles. The number of carbonyl (C=O) groups is 3. The molecule has 1 atom stereocenters. The lowest BCUT2D eigenvalue weighted by atomic mass is 9.94. The van der Waals surface area contributed by atoms with Gasteiger partial charge in [0.05, 0.1) is 31.4 Å². The Morgan fingerprint density at radius 3 is 2.36 bits per heavy atom. The van der Waals surface area contributed by atoms with E-state index in [-0.39, 0.29) is 11.3 Å². The maximum Gasteiger partial charge on any atom is 0.337 e. The van der Waals surface area contributed by atoms with Gasteiger partial charge < -0.3 is 24.4 Å². The average Bonchev–Trinajstić information content (AvgIpc) is 3.08. The third-order valence-electron chi connectivity index (χ3n) is 5.53. The lowest BCUT2D eigenvalue weighted by Gasteiger charge is -2.26. The minimum atomic E-state index is -0.787. The van der Waals surface area contributed by atoms with E-state index in [1.165, 1.54) is 19.1 Å². The van der Waals surface area contributed by atoms with Gasteiger partial charge in [-0.05, 0) is 56.9 Å². The van der Waals surface area contributed by atoms with Crippen LogP contribution in [-0.2, 0) is 14.3 Å². The van der Waals surface area contributed by atoms with E-state index in [1.807, 2.05) is 19.0 Å². The van der Waals surface area contributed by atoms with Crippen LogP contribution in [0, 0.1) is 0 Å². The molecule has 1 saturated heterocycles. The summed E-state index contributed by atoms with van der Waals surface area (Å²) in [5.41, 5.74) is 1.33. The minimum Gasteiger partial charge on any atom is -0.507 e. The molecule has 33 heavy (non-hydrogen) atoms. The summed E-state index contributed by atoms with van der Waals surface area (Å²) < 4.78 is 9.97. The van der Waals surface area contributed by atoms with E-state index in [9.17, 15) is 19.5 Å². The summed E-state index contributed by atoms with van der Waals surface area (Å²) in [6.45, 7) is 1.06. The molecule has 0 radical (unpaired) electrons. The second kappa shape index (κ2) is 10.3. The molecule has 2 aromatic carbocycles. The van der Waals surface area contributed by atoms with Crippen LogP contribution in [-0.4, -0.2) is 74.0 Å². The van der Waals surface area contributed by atoms with Crippen molar-refractivity contribution >= 4 is 23.4 Å². The van der Waals surface area contributed by atoms with Crippen molar-refractivity contribution in [2.24, 2.45) is 0 Å². The molecule has 1 amide bonds. The summed E-state index contributed by atoms with van der Waals surface area (Å²) in [7, 11) is 6.66. The molecule has 2 aromatic rings. The molecule has 8 nitrogen and oxygen atoms in total.